The molecule has 2 N–H and O–H groups in total. The van der Waals surface area contributed by atoms with Gasteiger partial charge in [0.15, 0.2) is 0 Å². The second kappa shape index (κ2) is 6.18. The summed E-state index contributed by atoms with van der Waals surface area (Å²) in [6, 6.07) is 10.7. The highest BCUT2D eigenvalue weighted by atomic mass is 16.3. The Bertz CT molecular complexity index is 559. The number of benzene rings is 1. The normalized spacial score (nSPS) is 22.0. The van der Waals surface area contributed by atoms with Crippen LogP contribution in [-0.4, -0.2) is 49.6 Å². The van der Waals surface area contributed by atoms with E-state index in [1.54, 1.807) is 0 Å². The van der Waals surface area contributed by atoms with Gasteiger partial charge in [-0.3, -0.25) is 4.90 Å². The zero-order valence-electron chi connectivity index (χ0n) is 13.0. The molecule has 4 nitrogen and oxygen atoms in total. The number of fused-ring (bicyclic) bond motifs is 1. The summed E-state index contributed by atoms with van der Waals surface area (Å²) in [6.45, 7) is 3.10. The van der Waals surface area contributed by atoms with E-state index >= 15 is 0 Å². The summed E-state index contributed by atoms with van der Waals surface area (Å²) in [4.78, 5) is 4.78. The van der Waals surface area contributed by atoms with Gasteiger partial charge in [0.1, 0.15) is 11.3 Å². The van der Waals surface area contributed by atoms with Crippen molar-refractivity contribution in [3.05, 3.63) is 36.1 Å². The van der Waals surface area contributed by atoms with Crippen molar-refractivity contribution in [1.29, 1.82) is 0 Å². The summed E-state index contributed by atoms with van der Waals surface area (Å²) in [7, 11) is 4.32. The average molecular weight is 287 g/mol. The molecule has 0 aliphatic carbocycles. The van der Waals surface area contributed by atoms with Crippen LogP contribution in [0.3, 0.4) is 0 Å². The number of rotatable bonds is 4. The van der Waals surface area contributed by atoms with Gasteiger partial charge in [0, 0.05) is 24.5 Å². The lowest BCUT2D eigenvalue weighted by Gasteiger charge is -2.36. The Hall–Kier alpha value is -1.36. The number of furan rings is 1. The van der Waals surface area contributed by atoms with Gasteiger partial charge in [-0.25, -0.2) is 0 Å². The third-order valence-electron chi connectivity index (χ3n) is 4.48. The molecule has 2 unspecified atom stereocenters. The molecule has 0 bridgehead atoms. The van der Waals surface area contributed by atoms with Crippen LogP contribution in [0.2, 0.25) is 0 Å². The first-order chi connectivity index (χ1) is 10.1. The molecule has 3 rings (SSSR count). The monoisotopic (exact) mass is 287 g/mol. The molecule has 114 valence electrons. The summed E-state index contributed by atoms with van der Waals surface area (Å²) in [5, 5.41) is 1.13. The van der Waals surface area contributed by atoms with Gasteiger partial charge in [0.05, 0.1) is 6.04 Å². The second-order valence-electron chi connectivity index (χ2n) is 6.31. The van der Waals surface area contributed by atoms with Crippen LogP contribution in [0, 0.1) is 0 Å². The summed E-state index contributed by atoms with van der Waals surface area (Å²) >= 11 is 0. The maximum atomic E-state index is 6.36. The van der Waals surface area contributed by atoms with Crippen molar-refractivity contribution in [3.63, 3.8) is 0 Å². The predicted octanol–water partition coefficient (Wildman–Crippen LogP) is 2.46. The molecule has 2 heterocycles. The molecule has 21 heavy (non-hydrogen) atoms. The van der Waals surface area contributed by atoms with Crippen LogP contribution in [0.25, 0.3) is 11.0 Å². The minimum atomic E-state index is -0.0571. The largest absolute Gasteiger partial charge is 0.459 e. The predicted molar refractivity (Wildman–Crippen MR) is 86.3 cm³/mol. The Morgan fingerprint density at radius 2 is 2.19 bits per heavy atom. The molecule has 0 radical (unpaired) electrons. The van der Waals surface area contributed by atoms with E-state index in [0.29, 0.717) is 6.04 Å². The van der Waals surface area contributed by atoms with E-state index in [0.717, 1.165) is 36.4 Å². The SMILES string of the molecule is CN(C)C1CCCN(CC(N)c2cc3ccccc3o2)C1. The second-order valence-corrected chi connectivity index (χ2v) is 6.31. The lowest BCUT2D eigenvalue weighted by molar-refractivity contribution is 0.125. The standard InChI is InChI=1S/C17H25N3O/c1-19(2)14-7-5-9-20(11-14)12-15(18)17-10-13-6-3-4-8-16(13)21-17/h3-4,6,8,10,14-15H,5,7,9,11-12,18H2,1-2H3. The van der Waals surface area contributed by atoms with Crippen LogP contribution >= 0.6 is 0 Å². The van der Waals surface area contributed by atoms with Gasteiger partial charge in [-0.05, 0) is 45.6 Å². The number of para-hydroxylation sites is 1. The summed E-state index contributed by atoms with van der Waals surface area (Å²) in [5.41, 5.74) is 7.29. The van der Waals surface area contributed by atoms with Crippen LogP contribution in [0.1, 0.15) is 24.6 Å². The first-order valence-electron chi connectivity index (χ1n) is 7.76. The molecule has 1 aliphatic rings. The van der Waals surface area contributed by atoms with Gasteiger partial charge < -0.3 is 15.1 Å². The molecule has 2 atom stereocenters. The molecule has 0 amide bonds. The van der Waals surface area contributed by atoms with E-state index < -0.39 is 0 Å². The third kappa shape index (κ3) is 3.28. The number of nitrogens with zero attached hydrogens (tertiary/aromatic N) is 2. The number of piperidine rings is 1. The molecule has 1 saturated heterocycles. The van der Waals surface area contributed by atoms with E-state index in [4.69, 9.17) is 10.2 Å². The van der Waals surface area contributed by atoms with E-state index in [1.807, 2.05) is 18.2 Å². The minimum absolute atomic E-state index is 0.0571. The highest BCUT2D eigenvalue weighted by molar-refractivity contribution is 5.77. The quantitative estimate of drug-likeness (QED) is 0.938. The zero-order chi connectivity index (χ0) is 14.8. The molecular weight excluding hydrogens is 262 g/mol. The van der Waals surface area contributed by atoms with E-state index in [2.05, 4.69) is 36.0 Å². The summed E-state index contributed by atoms with van der Waals surface area (Å²) in [6.07, 6.45) is 2.53. The minimum Gasteiger partial charge on any atom is -0.459 e. The van der Waals surface area contributed by atoms with Gasteiger partial charge in [-0.15, -0.1) is 0 Å². The van der Waals surface area contributed by atoms with Gasteiger partial charge in [-0.1, -0.05) is 18.2 Å². The maximum absolute atomic E-state index is 6.36. The fourth-order valence-corrected chi connectivity index (χ4v) is 3.17. The highest BCUT2D eigenvalue weighted by Gasteiger charge is 2.24. The lowest BCUT2D eigenvalue weighted by atomic mass is 10.0. The van der Waals surface area contributed by atoms with Crippen molar-refractivity contribution in [2.24, 2.45) is 5.73 Å². The Labute approximate surface area is 126 Å². The lowest BCUT2D eigenvalue weighted by Crippen LogP contribution is -2.47. The number of hydrogen-bond acceptors (Lipinski definition) is 4. The molecule has 4 heteroatoms. The maximum Gasteiger partial charge on any atom is 0.134 e. The smallest absolute Gasteiger partial charge is 0.134 e. The van der Waals surface area contributed by atoms with Gasteiger partial charge >= 0.3 is 0 Å². The molecule has 1 aromatic carbocycles. The number of likely N-dealkylation sites (tertiary alicyclic amines) is 1. The fourth-order valence-electron chi connectivity index (χ4n) is 3.17. The molecule has 1 fully saturated rings. The highest BCUT2D eigenvalue weighted by Crippen LogP contribution is 2.24. The van der Waals surface area contributed by atoms with Crippen molar-refractivity contribution in [2.75, 3.05) is 33.7 Å². The van der Waals surface area contributed by atoms with Crippen LogP contribution in [0.5, 0.6) is 0 Å². The summed E-state index contributed by atoms with van der Waals surface area (Å²) < 4.78 is 5.88. The molecule has 1 aromatic heterocycles. The van der Waals surface area contributed by atoms with Crippen molar-refractivity contribution in [3.8, 4) is 0 Å². The first kappa shape index (κ1) is 14.6. The van der Waals surface area contributed by atoms with E-state index in [1.165, 1.54) is 12.8 Å². The molecular formula is C17H25N3O. The van der Waals surface area contributed by atoms with E-state index in [9.17, 15) is 0 Å². The van der Waals surface area contributed by atoms with Crippen molar-refractivity contribution < 1.29 is 4.42 Å². The Morgan fingerprint density at radius 1 is 1.38 bits per heavy atom. The van der Waals surface area contributed by atoms with Crippen LogP contribution in [-0.2, 0) is 0 Å². The third-order valence-corrected chi connectivity index (χ3v) is 4.48. The van der Waals surface area contributed by atoms with E-state index in [-0.39, 0.29) is 6.04 Å². The van der Waals surface area contributed by atoms with Gasteiger partial charge in [-0.2, -0.15) is 0 Å². The topological polar surface area (TPSA) is 45.6 Å². The number of hydrogen-bond donors (Lipinski definition) is 1. The van der Waals surface area contributed by atoms with Crippen molar-refractivity contribution in [2.45, 2.75) is 24.9 Å². The van der Waals surface area contributed by atoms with Crippen molar-refractivity contribution >= 4 is 11.0 Å². The Morgan fingerprint density at radius 3 is 2.95 bits per heavy atom. The number of nitrogens with two attached hydrogens (primary N) is 1. The Kier molecular flexibility index (Phi) is 4.29. The van der Waals surface area contributed by atoms with Crippen LogP contribution < -0.4 is 5.73 Å². The summed E-state index contributed by atoms with van der Waals surface area (Å²) in [5.74, 6) is 0.892. The molecule has 0 saturated carbocycles. The van der Waals surface area contributed by atoms with Gasteiger partial charge in [0.25, 0.3) is 0 Å². The zero-order valence-corrected chi connectivity index (χ0v) is 13.0. The molecule has 1 aliphatic heterocycles. The first-order valence-corrected chi connectivity index (χ1v) is 7.76. The fraction of sp³-hybridized carbons (Fsp3) is 0.529. The van der Waals surface area contributed by atoms with Crippen LogP contribution in [0.15, 0.2) is 34.7 Å². The van der Waals surface area contributed by atoms with Crippen molar-refractivity contribution in [1.82, 2.24) is 9.80 Å². The van der Waals surface area contributed by atoms with Crippen LogP contribution in [0.4, 0.5) is 0 Å². The molecule has 2 aromatic rings. The Balaban J connectivity index is 1.66. The number of likely N-dealkylation sites (N-methyl/N-ethyl adjacent to an activating group) is 1. The van der Waals surface area contributed by atoms with Gasteiger partial charge in [0.2, 0.25) is 0 Å². The average Bonchev–Trinajstić information content (AvgIpc) is 2.91. The molecule has 0 spiro atoms.